The molecule has 0 aromatic carbocycles. The molecule has 0 aliphatic rings. The summed E-state index contributed by atoms with van der Waals surface area (Å²) < 4.78 is 0. The molecule has 96 valence electrons. The lowest BCUT2D eigenvalue weighted by Gasteiger charge is -2.13. The van der Waals surface area contributed by atoms with Gasteiger partial charge in [0.1, 0.15) is 0 Å². The number of rotatable bonds is 7. The van der Waals surface area contributed by atoms with Gasteiger partial charge in [-0.1, -0.05) is 5.92 Å². The van der Waals surface area contributed by atoms with Crippen molar-refractivity contribution in [2.75, 3.05) is 24.6 Å². The van der Waals surface area contributed by atoms with Gasteiger partial charge in [-0.2, -0.15) is 0 Å². The predicted octanol–water partition coefficient (Wildman–Crippen LogP) is 0.177. The van der Waals surface area contributed by atoms with E-state index in [0.29, 0.717) is 18.8 Å². The highest BCUT2D eigenvalue weighted by atomic mass is 32.2. The average molecular weight is 257 g/mol. The van der Waals surface area contributed by atoms with Crippen LogP contribution in [0.25, 0.3) is 0 Å². The second-order valence-corrected chi connectivity index (χ2v) is 4.39. The van der Waals surface area contributed by atoms with Gasteiger partial charge < -0.3 is 10.6 Å². The highest BCUT2D eigenvalue weighted by Gasteiger charge is 2.14. The van der Waals surface area contributed by atoms with Crippen molar-refractivity contribution in [3.05, 3.63) is 0 Å². The smallest absolute Gasteiger partial charge is 0.321 e. The van der Waals surface area contributed by atoms with Crippen molar-refractivity contribution in [1.29, 1.82) is 0 Å². The number of thioether (sulfide) groups is 1. The summed E-state index contributed by atoms with van der Waals surface area (Å²) in [4.78, 5) is 22.6. The van der Waals surface area contributed by atoms with Gasteiger partial charge in [-0.25, -0.2) is 4.79 Å². The molecule has 3 amide bonds. The van der Waals surface area contributed by atoms with Crippen LogP contribution in [0.3, 0.4) is 0 Å². The van der Waals surface area contributed by atoms with Crippen molar-refractivity contribution in [2.24, 2.45) is 0 Å². The van der Waals surface area contributed by atoms with Gasteiger partial charge in [0.15, 0.2) is 0 Å². The molecule has 0 spiro atoms. The normalized spacial score (nSPS) is 11.4. The van der Waals surface area contributed by atoms with E-state index >= 15 is 0 Å². The van der Waals surface area contributed by atoms with Crippen LogP contribution in [-0.2, 0) is 4.79 Å². The van der Waals surface area contributed by atoms with E-state index in [2.05, 4.69) is 21.9 Å². The third-order valence-corrected chi connectivity index (χ3v) is 2.71. The van der Waals surface area contributed by atoms with Gasteiger partial charge >= 0.3 is 6.03 Å². The SMILES string of the molecule is C#CCSCCNC(C)C(=O)NC(=O)NCC. The van der Waals surface area contributed by atoms with Crippen LogP contribution >= 0.6 is 11.8 Å². The molecule has 0 rings (SSSR count). The maximum absolute atomic E-state index is 11.5. The molecule has 1 atom stereocenters. The van der Waals surface area contributed by atoms with E-state index in [-0.39, 0.29) is 5.91 Å². The fourth-order valence-electron chi connectivity index (χ4n) is 0.996. The topological polar surface area (TPSA) is 70.2 Å². The molecule has 0 heterocycles. The second kappa shape index (κ2) is 10.00. The largest absolute Gasteiger partial charge is 0.338 e. The predicted molar refractivity (Wildman–Crippen MR) is 70.8 cm³/mol. The Morgan fingerprint density at radius 1 is 1.47 bits per heavy atom. The molecule has 6 heteroatoms. The van der Waals surface area contributed by atoms with Gasteiger partial charge in [0, 0.05) is 18.8 Å². The molecule has 0 saturated heterocycles. The number of nitrogens with one attached hydrogen (secondary N) is 3. The number of urea groups is 1. The summed E-state index contributed by atoms with van der Waals surface area (Å²) in [7, 11) is 0. The van der Waals surface area contributed by atoms with E-state index in [1.165, 1.54) is 0 Å². The fraction of sp³-hybridized carbons (Fsp3) is 0.636. The molecule has 0 aromatic heterocycles. The summed E-state index contributed by atoms with van der Waals surface area (Å²) in [6, 6.07) is -0.864. The first kappa shape index (κ1) is 15.8. The number of terminal acetylenes is 1. The molecular formula is C11H19N3O2S. The Morgan fingerprint density at radius 3 is 2.76 bits per heavy atom. The van der Waals surface area contributed by atoms with Gasteiger partial charge in [0.2, 0.25) is 5.91 Å². The first-order chi connectivity index (χ1) is 8.11. The van der Waals surface area contributed by atoms with E-state index in [9.17, 15) is 9.59 Å². The minimum absolute atomic E-state index is 0.335. The van der Waals surface area contributed by atoms with Gasteiger partial charge in [-0.15, -0.1) is 18.2 Å². The van der Waals surface area contributed by atoms with Crippen LogP contribution in [0, 0.1) is 12.3 Å². The minimum Gasteiger partial charge on any atom is -0.338 e. The summed E-state index contributed by atoms with van der Waals surface area (Å²) in [5.41, 5.74) is 0. The van der Waals surface area contributed by atoms with Crippen LogP contribution < -0.4 is 16.0 Å². The number of carbonyl (C=O) groups is 2. The Kier molecular flexibility index (Phi) is 9.30. The zero-order valence-electron chi connectivity index (χ0n) is 10.2. The van der Waals surface area contributed by atoms with Crippen LogP contribution in [0.1, 0.15) is 13.8 Å². The Hall–Kier alpha value is -1.19. The van der Waals surface area contributed by atoms with E-state index in [4.69, 9.17) is 6.42 Å². The van der Waals surface area contributed by atoms with Crippen LogP contribution in [0.15, 0.2) is 0 Å². The van der Waals surface area contributed by atoms with Gasteiger partial charge in [-0.3, -0.25) is 10.1 Å². The molecule has 3 N–H and O–H groups in total. The lowest BCUT2D eigenvalue weighted by Crippen LogP contribution is -2.48. The summed E-state index contributed by atoms with van der Waals surface area (Å²) in [5, 5.41) is 7.74. The number of amides is 3. The fourth-order valence-corrected chi connectivity index (χ4v) is 1.52. The third-order valence-electron chi connectivity index (χ3n) is 1.85. The first-order valence-corrected chi connectivity index (χ1v) is 6.60. The Morgan fingerprint density at radius 2 is 2.18 bits per heavy atom. The Bertz CT molecular complexity index is 289. The van der Waals surface area contributed by atoms with Crippen LogP contribution in [0.4, 0.5) is 4.79 Å². The molecule has 0 fully saturated rings. The lowest BCUT2D eigenvalue weighted by molar-refractivity contribution is -0.121. The van der Waals surface area contributed by atoms with Crippen molar-refractivity contribution >= 4 is 23.7 Å². The molecule has 0 aliphatic heterocycles. The zero-order valence-corrected chi connectivity index (χ0v) is 11.0. The van der Waals surface area contributed by atoms with Crippen molar-refractivity contribution in [1.82, 2.24) is 16.0 Å². The zero-order chi connectivity index (χ0) is 13.1. The van der Waals surface area contributed by atoms with Crippen molar-refractivity contribution in [3.63, 3.8) is 0 Å². The Labute approximate surface area is 106 Å². The monoisotopic (exact) mass is 257 g/mol. The van der Waals surface area contributed by atoms with Gasteiger partial charge in [0.05, 0.1) is 11.8 Å². The van der Waals surface area contributed by atoms with Crippen LogP contribution in [0.5, 0.6) is 0 Å². The van der Waals surface area contributed by atoms with Crippen molar-refractivity contribution in [3.8, 4) is 12.3 Å². The van der Waals surface area contributed by atoms with Crippen LogP contribution in [-0.4, -0.2) is 42.6 Å². The van der Waals surface area contributed by atoms with E-state index in [1.807, 2.05) is 0 Å². The maximum Gasteiger partial charge on any atom is 0.321 e. The van der Waals surface area contributed by atoms with E-state index in [0.717, 1.165) is 5.75 Å². The van der Waals surface area contributed by atoms with Crippen LogP contribution in [0.2, 0.25) is 0 Å². The highest BCUT2D eigenvalue weighted by molar-refractivity contribution is 7.99. The summed E-state index contributed by atoms with van der Waals surface area (Å²) in [5.74, 6) is 3.69. The maximum atomic E-state index is 11.5. The molecular weight excluding hydrogens is 238 g/mol. The quantitative estimate of drug-likeness (QED) is 0.449. The standard InChI is InChI=1S/C11H19N3O2S/c1-4-7-17-8-6-13-9(3)10(15)14-11(16)12-5-2/h1,9,13H,5-8H2,2-3H3,(H2,12,14,15,16). The molecule has 0 aliphatic carbocycles. The highest BCUT2D eigenvalue weighted by Crippen LogP contribution is 1.95. The molecule has 0 radical (unpaired) electrons. The average Bonchev–Trinajstić information content (AvgIpc) is 2.28. The Balaban J connectivity index is 3.68. The summed E-state index contributed by atoms with van der Waals surface area (Å²) >= 11 is 1.62. The number of imide groups is 1. The van der Waals surface area contributed by atoms with E-state index in [1.54, 1.807) is 25.6 Å². The van der Waals surface area contributed by atoms with Gasteiger partial charge in [-0.05, 0) is 13.8 Å². The lowest BCUT2D eigenvalue weighted by atomic mass is 10.3. The molecule has 0 saturated carbocycles. The second-order valence-electron chi connectivity index (χ2n) is 3.28. The summed E-state index contributed by atoms with van der Waals surface area (Å²) in [6.07, 6.45) is 5.10. The number of hydrogen-bond donors (Lipinski definition) is 3. The van der Waals surface area contributed by atoms with Gasteiger partial charge in [0.25, 0.3) is 0 Å². The summed E-state index contributed by atoms with van der Waals surface area (Å²) in [6.45, 7) is 4.66. The number of carbonyl (C=O) groups excluding carboxylic acids is 2. The molecule has 1 unspecified atom stereocenters. The van der Waals surface area contributed by atoms with E-state index < -0.39 is 12.1 Å². The molecule has 17 heavy (non-hydrogen) atoms. The third kappa shape index (κ3) is 8.60. The first-order valence-electron chi connectivity index (χ1n) is 5.45. The van der Waals surface area contributed by atoms with Crippen molar-refractivity contribution in [2.45, 2.75) is 19.9 Å². The van der Waals surface area contributed by atoms with Crippen molar-refractivity contribution < 1.29 is 9.59 Å². The molecule has 5 nitrogen and oxygen atoms in total. The molecule has 0 bridgehead atoms. The minimum atomic E-state index is -0.465. The molecule has 0 aromatic rings. The number of hydrogen-bond acceptors (Lipinski definition) is 4.